The number of carbonyl (C=O) groups excluding carboxylic acids is 1. The molecule has 5 rings (SSSR count). The van der Waals surface area contributed by atoms with E-state index in [1.807, 2.05) is 12.1 Å². The predicted molar refractivity (Wildman–Crippen MR) is 110 cm³/mol. The van der Waals surface area contributed by atoms with Crippen LogP contribution in [0, 0.1) is 0 Å². The van der Waals surface area contributed by atoms with Gasteiger partial charge < -0.3 is 9.80 Å². The van der Waals surface area contributed by atoms with E-state index in [0.29, 0.717) is 17.0 Å². The van der Waals surface area contributed by atoms with E-state index in [4.69, 9.17) is 0 Å². The summed E-state index contributed by atoms with van der Waals surface area (Å²) >= 11 is 0. The first-order valence-corrected chi connectivity index (χ1v) is 10.3. The Kier molecular flexibility index (Phi) is 4.53. The van der Waals surface area contributed by atoms with E-state index in [9.17, 15) is 18.4 Å². The zero-order valence-electron chi connectivity index (χ0n) is 17.0. The molecule has 10 heteroatoms. The molecule has 0 aromatic carbocycles. The molecule has 1 saturated heterocycles. The van der Waals surface area contributed by atoms with Gasteiger partial charge in [0.15, 0.2) is 5.65 Å². The molecule has 3 aromatic rings. The van der Waals surface area contributed by atoms with Crippen molar-refractivity contribution < 1.29 is 13.6 Å². The molecule has 0 atom stereocenters. The highest BCUT2D eigenvalue weighted by molar-refractivity contribution is 5.94. The normalized spacial score (nSPS) is 18.4. The van der Waals surface area contributed by atoms with Gasteiger partial charge in [-0.1, -0.05) is 0 Å². The van der Waals surface area contributed by atoms with E-state index in [2.05, 4.69) is 15.0 Å². The number of fused-ring (bicyclic) bond motifs is 1. The Morgan fingerprint density at radius 1 is 1.19 bits per heavy atom. The Morgan fingerprint density at radius 2 is 1.94 bits per heavy atom. The molecule has 0 unspecified atom stereocenters. The van der Waals surface area contributed by atoms with E-state index in [-0.39, 0.29) is 43.6 Å². The maximum Gasteiger partial charge on any atom is 0.350 e. The summed E-state index contributed by atoms with van der Waals surface area (Å²) < 4.78 is 29.5. The van der Waals surface area contributed by atoms with Gasteiger partial charge in [0.1, 0.15) is 5.82 Å². The number of halogens is 2. The van der Waals surface area contributed by atoms with Crippen molar-refractivity contribution in [3.63, 3.8) is 0 Å². The maximum absolute atomic E-state index is 13.4. The second kappa shape index (κ2) is 7.14. The summed E-state index contributed by atoms with van der Waals surface area (Å²) in [6.07, 6.45) is 4.62. The van der Waals surface area contributed by atoms with E-state index >= 15 is 0 Å². The molecule has 1 aliphatic carbocycles. The van der Waals surface area contributed by atoms with Gasteiger partial charge >= 0.3 is 5.69 Å². The number of piperidine rings is 1. The van der Waals surface area contributed by atoms with Crippen molar-refractivity contribution in [1.29, 1.82) is 0 Å². The molecule has 4 heterocycles. The van der Waals surface area contributed by atoms with Crippen LogP contribution in [0.1, 0.15) is 36.0 Å². The fraction of sp³-hybridized carbons (Fsp3) is 0.429. The van der Waals surface area contributed by atoms with Crippen LogP contribution in [0.4, 0.5) is 20.3 Å². The number of carbonyl (C=O) groups is 1. The van der Waals surface area contributed by atoms with Crippen LogP contribution in [0.2, 0.25) is 0 Å². The number of pyridine rings is 2. The number of amides is 1. The van der Waals surface area contributed by atoms with Gasteiger partial charge in [0.25, 0.3) is 11.8 Å². The molecule has 3 aromatic heterocycles. The van der Waals surface area contributed by atoms with Gasteiger partial charge in [-0.3, -0.25) is 9.20 Å². The molecule has 2 fully saturated rings. The minimum Gasteiger partial charge on any atom is -0.338 e. The van der Waals surface area contributed by atoms with Crippen molar-refractivity contribution in [2.24, 2.45) is 7.05 Å². The number of anilines is 2. The molecule has 31 heavy (non-hydrogen) atoms. The predicted octanol–water partition coefficient (Wildman–Crippen LogP) is 2.60. The molecule has 8 nitrogen and oxygen atoms in total. The molecular formula is C21H22F2N6O2. The molecular weight excluding hydrogens is 406 g/mol. The highest BCUT2D eigenvalue weighted by Crippen LogP contribution is 2.37. The number of likely N-dealkylation sites (tertiary alicyclic amines) is 1. The van der Waals surface area contributed by atoms with Crippen LogP contribution in [0.3, 0.4) is 0 Å². The number of aromatic nitrogens is 4. The van der Waals surface area contributed by atoms with Gasteiger partial charge in [-0.15, -0.1) is 0 Å². The highest BCUT2D eigenvalue weighted by atomic mass is 19.3. The van der Waals surface area contributed by atoms with Gasteiger partial charge in [0.05, 0.1) is 5.56 Å². The summed E-state index contributed by atoms with van der Waals surface area (Å²) in [5.41, 5.74) is 1.59. The number of alkyl halides is 2. The minimum absolute atomic E-state index is 0.0469. The SMILES string of the molecule is Cn1nc2cc(N(c3ccc(C(=O)N4CCC(F)(F)CC4)cn3)C3CC3)ccn2c1=O. The fourth-order valence-corrected chi connectivity index (χ4v) is 3.96. The van der Waals surface area contributed by atoms with E-state index in [0.717, 1.165) is 18.5 Å². The maximum atomic E-state index is 13.4. The number of rotatable bonds is 4. The third kappa shape index (κ3) is 3.66. The zero-order chi connectivity index (χ0) is 21.8. The van der Waals surface area contributed by atoms with E-state index in [1.165, 1.54) is 20.2 Å². The van der Waals surface area contributed by atoms with Gasteiger partial charge in [-0.2, -0.15) is 5.10 Å². The second-order valence-electron chi connectivity index (χ2n) is 8.17. The van der Waals surface area contributed by atoms with Gasteiger partial charge in [0.2, 0.25) is 0 Å². The van der Waals surface area contributed by atoms with Crippen molar-refractivity contribution in [1.82, 2.24) is 24.1 Å². The number of hydrogen-bond donors (Lipinski definition) is 0. The van der Waals surface area contributed by atoms with Crippen LogP contribution in [0.25, 0.3) is 5.65 Å². The van der Waals surface area contributed by atoms with Crippen LogP contribution in [0.15, 0.2) is 41.5 Å². The Labute approximate surface area is 176 Å². The van der Waals surface area contributed by atoms with Crippen LogP contribution in [-0.2, 0) is 7.05 Å². The van der Waals surface area contributed by atoms with Crippen LogP contribution >= 0.6 is 0 Å². The molecule has 162 valence electrons. The number of nitrogens with zero attached hydrogens (tertiary/aromatic N) is 6. The third-order valence-corrected chi connectivity index (χ3v) is 5.87. The summed E-state index contributed by atoms with van der Waals surface area (Å²) in [6, 6.07) is 7.45. The molecule has 0 radical (unpaired) electrons. The van der Waals surface area contributed by atoms with E-state index in [1.54, 1.807) is 25.4 Å². The topological polar surface area (TPSA) is 75.7 Å². The zero-order valence-corrected chi connectivity index (χ0v) is 17.0. The summed E-state index contributed by atoms with van der Waals surface area (Å²) in [4.78, 5) is 32.8. The molecule has 0 N–H and O–H groups in total. The largest absolute Gasteiger partial charge is 0.350 e. The molecule has 1 amide bonds. The van der Waals surface area contributed by atoms with Crippen molar-refractivity contribution in [2.75, 3.05) is 18.0 Å². The van der Waals surface area contributed by atoms with Gasteiger partial charge in [-0.05, 0) is 31.0 Å². The van der Waals surface area contributed by atoms with E-state index < -0.39 is 5.92 Å². The Morgan fingerprint density at radius 3 is 2.58 bits per heavy atom. The number of aryl methyl sites for hydroxylation is 1. The minimum atomic E-state index is -2.69. The lowest BCUT2D eigenvalue weighted by molar-refractivity contribution is -0.0494. The molecule has 1 aliphatic heterocycles. The lowest BCUT2D eigenvalue weighted by Crippen LogP contribution is -2.42. The average molecular weight is 428 g/mol. The summed E-state index contributed by atoms with van der Waals surface area (Å²) in [7, 11) is 1.61. The lowest BCUT2D eigenvalue weighted by atomic mass is 10.1. The van der Waals surface area contributed by atoms with Crippen molar-refractivity contribution in [3.05, 3.63) is 52.7 Å². The summed E-state index contributed by atoms with van der Waals surface area (Å²) in [6.45, 7) is 0.0937. The second-order valence-corrected chi connectivity index (χ2v) is 8.17. The Hall–Kier alpha value is -3.30. The third-order valence-electron chi connectivity index (χ3n) is 5.87. The molecule has 1 saturated carbocycles. The van der Waals surface area contributed by atoms with Crippen molar-refractivity contribution in [3.8, 4) is 0 Å². The van der Waals surface area contributed by atoms with Gasteiger partial charge in [0, 0.05) is 63.2 Å². The Balaban J connectivity index is 1.40. The molecule has 2 aliphatic rings. The average Bonchev–Trinajstić information content (AvgIpc) is 3.54. The first kappa shape index (κ1) is 19.7. The monoisotopic (exact) mass is 428 g/mol. The fourth-order valence-electron chi connectivity index (χ4n) is 3.96. The first-order valence-electron chi connectivity index (χ1n) is 10.3. The number of hydrogen-bond acceptors (Lipinski definition) is 5. The highest BCUT2D eigenvalue weighted by Gasteiger charge is 2.36. The van der Waals surface area contributed by atoms with Crippen molar-refractivity contribution >= 4 is 23.1 Å². The van der Waals surface area contributed by atoms with Crippen LogP contribution in [0.5, 0.6) is 0 Å². The van der Waals surface area contributed by atoms with Gasteiger partial charge in [-0.25, -0.2) is 23.2 Å². The van der Waals surface area contributed by atoms with Crippen molar-refractivity contribution in [2.45, 2.75) is 37.6 Å². The summed E-state index contributed by atoms with van der Waals surface area (Å²) in [5.74, 6) is -2.28. The smallest absolute Gasteiger partial charge is 0.338 e. The van der Waals surface area contributed by atoms with Crippen LogP contribution < -0.4 is 10.6 Å². The lowest BCUT2D eigenvalue weighted by Gasteiger charge is -2.31. The summed E-state index contributed by atoms with van der Waals surface area (Å²) in [5, 5.41) is 4.24. The standard InChI is InChI=1S/C21H22F2N6O2/c1-26-20(31)28-9-6-16(12-18(28)25-26)29(15-3-4-15)17-5-2-14(13-24-17)19(30)27-10-7-21(22,23)8-11-27/h2,5-6,9,12-13,15H,3-4,7-8,10-11H2,1H3. The van der Waals surface area contributed by atoms with Crippen LogP contribution in [-0.4, -0.2) is 55.0 Å². The molecule has 0 spiro atoms. The first-order chi connectivity index (χ1) is 14.8. The Bertz CT molecular complexity index is 1190. The quantitative estimate of drug-likeness (QED) is 0.639. The molecule has 0 bridgehead atoms.